The third kappa shape index (κ3) is 3.27. The van der Waals surface area contributed by atoms with Crippen LogP contribution in [0.15, 0.2) is 16.1 Å². The summed E-state index contributed by atoms with van der Waals surface area (Å²) in [4.78, 5) is 30.9. The predicted molar refractivity (Wildman–Crippen MR) is 116 cm³/mol. The van der Waals surface area contributed by atoms with Crippen LogP contribution in [0.1, 0.15) is 43.1 Å². The van der Waals surface area contributed by atoms with Gasteiger partial charge in [0.2, 0.25) is 5.43 Å². The number of carbonyl (C=O) groups is 1. The summed E-state index contributed by atoms with van der Waals surface area (Å²) in [6.45, 7) is 4.32. The molecule has 0 spiro atoms. The Balaban J connectivity index is 1.97. The topological polar surface area (TPSA) is 136 Å². The highest BCUT2D eigenvalue weighted by Crippen LogP contribution is 2.43. The van der Waals surface area contributed by atoms with Crippen LogP contribution in [0, 0.1) is 17.0 Å². The number of rotatable bonds is 6. The lowest BCUT2D eigenvalue weighted by Gasteiger charge is -2.25. The lowest BCUT2D eigenvalue weighted by atomic mass is 9.88. The molecule has 172 valence electrons. The number of halogens is 2. The monoisotopic (exact) mass is 449 g/mol. The highest BCUT2D eigenvalue weighted by Gasteiger charge is 2.43. The van der Waals surface area contributed by atoms with Gasteiger partial charge in [-0.1, -0.05) is 12.1 Å². The Morgan fingerprint density at radius 3 is 2.62 bits per heavy atom. The Hall–Kier alpha value is -3.21. The highest BCUT2D eigenvalue weighted by atomic mass is 19.1. The summed E-state index contributed by atoms with van der Waals surface area (Å²) in [5.74, 6) is -3.57. The number of anilines is 2. The van der Waals surface area contributed by atoms with Gasteiger partial charge in [0.1, 0.15) is 17.9 Å². The van der Waals surface area contributed by atoms with E-state index in [-0.39, 0.29) is 31.2 Å². The zero-order chi connectivity index (χ0) is 23.4. The van der Waals surface area contributed by atoms with Crippen LogP contribution in [0.4, 0.5) is 20.2 Å². The first-order valence-electron chi connectivity index (χ1n) is 10.4. The van der Waals surface area contributed by atoms with Gasteiger partial charge in [-0.15, -0.1) is 0 Å². The summed E-state index contributed by atoms with van der Waals surface area (Å²) in [7, 11) is 0. The Kier molecular flexibility index (Phi) is 5.32. The molecule has 1 saturated carbocycles. The first kappa shape index (κ1) is 22.0. The van der Waals surface area contributed by atoms with Crippen molar-refractivity contribution in [3.05, 3.63) is 33.6 Å². The van der Waals surface area contributed by atoms with Crippen molar-refractivity contribution in [2.75, 3.05) is 36.9 Å². The number of nitrogen functional groups attached to an aromatic ring is 1. The van der Waals surface area contributed by atoms with Crippen molar-refractivity contribution < 1.29 is 23.5 Å². The van der Waals surface area contributed by atoms with Gasteiger partial charge in [-0.3, -0.25) is 4.79 Å². The fraction of sp³-hybridized carbons (Fsp3) is 0.476. The molecule has 2 heterocycles. The van der Waals surface area contributed by atoms with Gasteiger partial charge < -0.3 is 30.9 Å². The van der Waals surface area contributed by atoms with E-state index in [0.717, 1.165) is 6.20 Å². The summed E-state index contributed by atoms with van der Waals surface area (Å²) in [6.07, 6.45) is 2.48. The molecule has 2 aliphatic rings. The SMILES string of the molecule is CCON=C1CN(c2c(F)c(N)c3c(=O)c(C(=O)O)cn(C4CC4)c3c2F)CC1(C)CN. The number of benzene rings is 1. The van der Waals surface area contributed by atoms with Crippen molar-refractivity contribution in [1.29, 1.82) is 0 Å². The summed E-state index contributed by atoms with van der Waals surface area (Å²) in [6, 6.07) is -0.189. The summed E-state index contributed by atoms with van der Waals surface area (Å²) < 4.78 is 32.7. The Morgan fingerprint density at radius 1 is 1.38 bits per heavy atom. The highest BCUT2D eigenvalue weighted by molar-refractivity contribution is 6.02. The standard InChI is InChI=1S/C21H25F2N5O4/c1-3-32-26-12-7-27(9-21(12,2)8-24)18-14(22)16(25)13-17(15(18)23)28(10-4-5-10)6-11(19(13)29)20(30)31/h6,10H,3-5,7-9,24-25H2,1-2H3,(H,30,31). The number of aromatic nitrogens is 1. The lowest BCUT2D eigenvalue weighted by molar-refractivity contribution is 0.0695. The molecule has 1 unspecified atom stereocenters. The minimum atomic E-state index is -1.48. The molecule has 1 saturated heterocycles. The van der Waals surface area contributed by atoms with Crippen LogP contribution in [0.5, 0.6) is 0 Å². The normalized spacial score (nSPS) is 22.2. The zero-order valence-corrected chi connectivity index (χ0v) is 17.8. The molecule has 1 aromatic heterocycles. The van der Waals surface area contributed by atoms with Crippen molar-refractivity contribution in [2.24, 2.45) is 16.3 Å². The van der Waals surface area contributed by atoms with Crippen LogP contribution < -0.4 is 21.8 Å². The molecule has 1 aliphatic heterocycles. The van der Waals surface area contributed by atoms with Gasteiger partial charge in [0, 0.05) is 30.7 Å². The first-order chi connectivity index (χ1) is 15.1. The second-order valence-electron chi connectivity index (χ2n) is 8.51. The number of carboxylic acid groups (broad SMARTS) is 1. The molecule has 1 aliphatic carbocycles. The van der Waals surface area contributed by atoms with E-state index in [0.29, 0.717) is 25.2 Å². The summed E-state index contributed by atoms with van der Waals surface area (Å²) in [5.41, 5.74) is 9.00. The molecule has 0 amide bonds. The smallest absolute Gasteiger partial charge is 0.341 e. The number of hydrogen-bond acceptors (Lipinski definition) is 7. The Morgan fingerprint density at radius 2 is 2.06 bits per heavy atom. The number of fused-ring (bicyclic) bond motifs is 1. The van der Waals surface area contributed by atoms with Crippen LogP contribution in [-0.4, -0.2) is 47.6 Å². The van der Waals surface area contributed by atoms with Crippen molar-refractivity contribution in [3.63, 3.8) is 0 Å². The molecule has 2 aromatic rings. The van der Waals surface area contributed by atoms with E-state index in [2.05, 4.69) is 5.16 Å². The molecule has 2 fully saturated rings. The Bertz CT molecular complexity index is 1210. The van der Waals surface area contributed by atoms with Crippen LogP contribution in [0.25, 0.3) is 10.9 Å². The minimum absolute atomic E-state index is 0.0629. The first-order valence-corrected chi connectivity index (χ1v) is 10.4. The molecule has 32 heavy (non-hydrogen) atoms. The maximum Gasteiger partial charge on any atom is 0.341 e. The van der Waals surface area contributed by atoms with E-state index in [1.165, 1.54) is 9.47 Å². The van der Waals surface area contributed by atoms with Gasteiger partial charge in [0.05, 0.1) is 28.8 Å². The number of hydrogen-bond donors (Lipinski definition) is 3. The quantitative estimate of drug-likeness (QED) is 0.454. The molecule has 0 bridgehead atoms. The summed E-state index contributed by atoms with van der Waals surface area (Å²) >= 11 is 0. The van der Waals surface area contributed by atoms with E-state index in [9.17, 15) is 14.7 Å². The van der Waals surface area contributed by atoms with Gasteiger partial charge >= 0.3 is 5.97 Å². The molecule has 5 N–H and O–H groups in total. The largest absolute Gasteiger partial charge is 0.477 e. The fourth-order valence-corrected chi connectivity index (χ4v) is 4.19. The maximum atomic E-state index is 15.9. The predicted octanol–water partition coefficient (Wildman–Crippen LogP) is 2.07. The van der Waals surface area contributed by atoms with E-state index in [1.54, 1.807) is 6.92 Å². The molecule has 11 heteroatoms. The van der Waals surface area contributed by atoms with Gasteiger partial charge in [-0.25, -0.2) is 13.6 Å². The molecule has 1 aromatic carbocycles. The average Bonchev–Trinajstić information content (AvgIpc) is 3.54. The lowest BCUT2D eigenvalue weighted by Crippen LogP contribution is -2.36. The maximum absolute atomic E-state index is 15.9. The number of aromatic carboxylic acids is 1. The van der Waals surface area contributed by atoms with Crippen molar-refractivity contribution >= 4 is 34.0 Å². The average molecular weight is 449 g/mol. The second-order valence-corrected chi connectivity index (χ2v) is 8.51. The summed E-state index contributed by atoms with van der Waals surface area (Å²) in [5, 5.41) is 13.0. The van der Waals surface area contributed by atoms with E-state index < -0.39 is 50.8 Å². The van der Waals surface area contributed by atoms with Crippen molar-refractivity contribution in [1.82, 2.24) is 4.57 Å². The number of oxime groups is 1. The fourth-order valence-electron chi connectivity index (χ4n) is 4.19. The van der Waals surface area contributed by atoms with E-state index in [4.69, 9.17) is 16.3 Å². The minimum Gasteiger partial charge on any atom is -0.477 e. The molecule has 9 nitrogen and oxygen atoms in total. The number of carboxylic acids is 1. The van der Waals surface area contributed by atoms with E-state index in [1.807, 2.05) is 6.92 Å². The molecular weight excluding hydrogens is 424 g/mol. The van der Waals surface area contributed by atoms with Crippen LogP contribution in [0.2, 0.25) is 0 Å². The number of nitrogens with zero attached hydrogens (tertiary/aromatic N) is 3. The third-order valence-electron chi connectivity index (χ3n) is 6.18. The molecule has 0 radical (unpaired) electrons. The van der Waals surface area contributed by atoms with Crippen LogP contribution in [0.3, 0.4) is 0 Å². The van der Waals surface area contributed by atoms with Gasteiger partial charge in [0.15, 0.2) is 11.6 Å². The van der Waals surface area contributed by atoms with Crippen molar-refractivity contribution in [3.8, 4) is 0 Å². The number of pyridine rings is 1. The Labute approximate surface area is 182 Å². The van der Waals surface area contributed by atoms with Gasteiger partial charge in [-0.2, -0.15) is 0 Å². The molecular formula is C21H25F2N5O4. The third-order valence-corrected chi connectivity index (χ3v) is 6.18. The van der Waals surface area contributed by atoms with Gasteiger partial charge in [-0.05, 0) is 19.8 Å². The second kappa shape index (κ2) is 7.73. The van der Waals surface area contributed by atoms with E-state index >= 15 is 8.78 Å². The van der Waals surface area contributed by atoms with Gasteiger partial charge in [0.25, 0.3) is 0 Å². The molecule has 4 rings (SSSR count). The van der Waals surface area contributed by atoms with Crippen LogP contribution >= 0.6 is 0 Å². The van der Waals surface area contributed by atoms with Crippen LogP contribution in [-0.2, 0) is 4.84 Å². The number of nitrogens with two attached hydrogens (primary N) is 2. The molecule has 1 atom stereocenters. The van der Waals surface area contributed by atoms with Crippen molar-refractivity contribution in [2.45, 2.75) is 32.7 Å². The zero-order valence-electron chi connectivity index (χ0n) is 17.8.